The van der Waals surface area contributed by atoms with Crippen molar-refractivity contribution in [3.63, 3.8) is 0 Å². The number of fused-ring (bicyclic) bond motifs is 1. The number of phosphoric acid groups is 2. The maximum absolute atomic E-state index is 12.6. The molecule has 3 unspecified atom stereocenters. The Kier molecular flexibility index (Phi) is 12.0. The predicted octanol–water partition coefficient (Wildman–Crippen LogP) is -0.239. The molecule has 0 aromatic carbocycles. The molecule has 2 saturated heterocycles. The molecule has 2 fully saturated rings. The van der Waals surface area contributed by atoms with E-state index >= 15 is 0 Å². The number of nitrogens with one attached hydrogen (secondary N) is 1. The van der Waals surface area contributed by atoms with Crippen LogP contribution in [0.4, 0.5) is 5.82 Å². The number of aliphatic hydroxyl groups is 3. The second kappa shape index (κ2) is 15.9. The Bertz CT molecular complexity index is 1840. The van der Waals surface area contributed by atoms with E-state index in [1.54, 1.807) is 0 Å². The largest absolute Gasteiger partial charge is 0.481 e. The molecule has 1 amide bonds. The second-order valence-electron chi connectivity index (χ2n) is 10.8. The molecule has 50 heavy (non-hydrogen) atoms. The van der Waals surface area contributed by atoms with Crippen molar-refractivity contribution in [3.05, 3.63) is 53.2 Å². The van der Waals surface area contributed by atoms with Gasteiger partial charge in [0.25, 0.3) is 12.1 Å². The summed E-state index contributed by atoms with van der Waals surface area (Å²) in [5.74, 6) is -0.397. The van der Waals surface area contributed by atoms with Crippen molar-refractivity contribution in [2.45, 2.75) is 54.8 Å². The first-order chi connectivity index (χ1) is 23.7. The molecule has 3 aromatic heterocycles. The Hall–Kier alpha value is -3.37. The summed E-state index contributed by atoms with van der Waals surface area (Å²) in [4.78, 5) is 47.0. The molecular weight excluding hydrogens is 734 g/mol. The fraction of sp³-hybridized carbons (Fsp3) is 0.542. The van der Waals surface area contributed by atoms with Gasteiger partial charge in [0, 0.05) is 24.1 Å². The zero-order chi connectivity index (χ0) is 36.2. The normalized spacial score (nSPS) is 28.9. The molecule has 5 heterocycles. The number of phosphoric ester groups is 2. The van der Waals surface area contributed by atoms with Crippen LogP contribution >= 0.6 is 27.2 Å². The number of pyridine rings is 1. The van der Waals surface area contributed by atoms with Crippen molar-refractivity contribution in [3.8, 4) is 0 Å². The maximum Gasteiger partial charge on any atom is 0.481 e. The summed E-state index contributed by atoms with van der Waals surface area (Å²) in [6.45, 7) is -1.08. The van der Waals surface area contributed by atoms with Gasteiger partial charge in [-0.3, -0.25) is 18.4 Å². The minimum Gasteiger partial charge on any atom is -0.388 e. The number of nitrogens with zero attached hydrogens (tertiary/aromatic N) is 8. The van der Waals surface area contributed by atoms with E-state index in [4.69, 9.17) is 41.4 Å². The Labute approximate surface area is 286 Å². The van der Waals surface area contributed by atoms with Crippen LogP contribution in [0.3, 0.4) is 0 Å². The molecule has 23 nitrogen and oxygen atoms in total. The fourth-order valence-corrected chi connectivity index (χ4v) is 7.50. The number of anilines is 1. The molecule has 0 aliphatic carbocycles. The number of hydrogen-bond acceptors (Lipinski definition) is 16. The fourth-order valence-electron chi connectivity index (χ4n) is 5.06. The minimum absolute atomic E-state index is 0.116. The smallest absolute Gasteiger partial charge is 0.388 e. The average molecular weight is 766 g/mol. The number of carbonyl (C=O) groups is 1. The van der Waals surface area contributed by atoms with Crippen LogP contribution in [0.25, 0.3) is 21.6 Å². The second-order valence-corrected chi connectivity index (χ2v) is 14.4. The number of imidazole rings is 1. The number of halogens is 1. The van der Waals surface area contributed by atoms with E-state index in [0.717, 1.165) is 0 Å². The van der Waals surface area contributed by atoms with Gasteiger partial charge in [0.2, 0.25) is 0 Å². The summed E-state index contributed by atoms with van der Waals surface area (Å²) in [5.41, 5.74) is 14.3. The average Bonchev–Trinajstić information content (AvgIpc) is 3.72. The number of azide groups is 1. The van der Waals surface area contributed by atoms with Crippen molar-refractivity contribution in [1.29, 1.82) is 0 Å². The molecule has 2 aliphatic rings. The van der Waals surface area contributed by atoms with Gasteiger partial charge in [0.05, 0.1) is 19.5 Å². The molecule has 5 rings (SSSR count). The Morgan fingerprint density at radius 3 is 2.50 bits per heavy atom. The van der Waals surface area contributed by atoms with E-state index in [0.29, 0.717) is 18.8 Å². The van der Waals surface area contributed by atoms with Crippen LogP contribution in [0.15, 0.2) is 42.3 Å². The van der Waals surface area contributed by atoms with Crippen molar-refractivity contribution >= 4 is 50.1 Å². The zero-order valence-corrected chi connectivity index (χ0v) is 28.1. The third kappa shape index (κ3) is 8.73. The summed E-state index contributed by atoms with van der Waals surface area (Å²) >= 11 is 6.27. The molecule has 2 aliphatic heterocycles. The quantitative estimate of drug-likeness (QED) is 0.0188. The number of ether oxygens (including phenoxy) is 2. The van der Waals surface area contributed by atoms with Gasteiger partial charge in [0.15, 0.2) is 41.0 Å². The number of primary amides is 1. The minimum atomic E-state index is -5.38. The molecule has 26 heteroatoms. The molecule has 8 N–H and O–H groups in total. The molecular formula is C24H32ClN10O13P2+. The van der Waals surface area contributed by atoms with Crippen molar-refractivity contribution in [1.82, 2.24) is 19.5 Å². The number of carbonyl (C=O) groups excluding carboxylic acids is 1. The first-order valence-electron chi connectivity index (χ1n) is 14.6. The number of alkyl halides is 1. The SMILES string of the molecule is [N-]=[N+]=NCCCNc1ncnc2c1ncn2[C@@H]1OC(COP(=O)(O)OP(=O)(O)OC[C@H]2O[C@@H]([n+]3cccc(C(N)=O)c3)[C@@H](Cl)[C@@H]2O)[C@@H](O)[C@H]1O. The van der Waals surface area contributed by atoms with E-state index in [1.807, 2.05) is 0 Å². The summed E-state index contributed by atoms with van der Waals surface area (Å²) in [6.07, 6.45) is -4.06. The first kappa shape index (κ1) is 37.9. The highest BCUT2D eigenvalue weighted by Gasteiger charge is 2.50. The lowest BCUT2D eigenvalue weighted by atomic mass is 10.1. The Morgan fingerprint density at radius 1 is 1.12 bits per heavy atom. The summed E-state index contributed by atoms with van der Waals surface area (Å²) in [7, 11) is -10.7. The molecule has 3 aromatic rings. The number of aromatic nitrogens is 5. The highest BCUT2D eigenvalue weighted by Crippen LogP contribution is 2.60. The van der Waals surface area contributed by atoms with Gasteiger partial charge >= 0.3 is 15.6 Å². The van der Waals surface area contributed by atoms with Gasteiger partial charge in [-0.1, -0.05) is 5.11 Å². The number of hydrogen-bond donors (Lipinski definition) is 7. The molecule has 0 radical (unpaired) electrons. The monoisotopic (exact) mass is 765 g/mol. The van der Waals surface area contributed by atoms with Crippen LogP contribution in [0.2, 0.25) is 0 Å². The van der Waals surface area contributed by atoms with E-state index in [-0.39, 0.29) is 23.3 Å². The number of amides is 1. The number of rotatable bonds is 16. The lowest BCUT2D eigenvalue weighted by molar-refractivity contribution is -0.758. The molecule has 0 spiro atoms. The Balaban J connectivity index is 1.15. The van der Waals surface area contributed by atoms with Crippen LogP contribution in [-0.4, -0.2) is 113 Å². The Morgan fingerprint density at radius 2 is 1.82 bits per heavy atom. The van der Waals surface area contributed by atoms with Gasteiger partial charge in [-0.2, -0.15) is 8.88 Å². The molecule has 0 saturated carbocycles. The van der Waals surface area contributed by atoms with Crippen LogP contribution in [0.5, 0.6) is 0 Å². The van der Waals surface area contributed by atoms with Gasteiger partial charge in [-0.05, 0) is 18.0 Å². The summed E-state index contributed by atoms with van der Waals surface area (Å²) < 4.78 is 52.9. The third-order valence-corrected chi connectivity index (χ3v) is 10.5. The maximum atomic E-state index is 12.6. The first-order valence-corrected chi connectivity index (χ1v) is 18.0. The van der Waals surface area contributed by atoms with E-state index in [1.165, 1.54) is 46.3 Å². The lowest BCUT2D eigenvalue weighted by Gasteiger charge is -2.20. The van der Waals surface area contributed by atoms with Gasteiger partial charge in [-0.15, -0.1) is 11.6 Å². The van der Waals surface area contributed by atoms with Gasteiger partial charge in [0.1, 0.15) is 42.4 Å². The number of nitrogens with two attached hydrogens (primary N) is 1. The van der Waals surface area contributed by atoms with Crippen molar-refractivity contribution < 1.29 is 66.4 Å². The van der Waals surface area contributed by atoms with Crippen LogP contribution in [0.1, 0.15) is 29.2 Å². The van der Waals surface area contributed by atoms with Crippen LogP contribution in [-0.2, 0) is 32.0 Å². The summed E-state index contributed by atoms with van der Waals surface area (Å²) in [6, 6.07) is 2.92. The highest BCUT2D eigenvalue weighted by molar-refractivity contribution is 7.61. The predicted molar refractivity (Wildman–Crippen MR) is 166 cm³/mol. The van der Waals surface area contributed by atoms with Gasteiger partial charge in [-0.25, -0.2) is 24.1 Å². The molecule has 0 bridgehead atoms. The van der Waals surface area contributed by atoms with Crippen LogP contribution in [0, 0.1) is 0 Å². The highest BCUT2D eigenvalue weighted by atomic mass is 35.5. The third-order valence-electron chi connectivity index (χ3n) is 7.47. The number of aliphatic hydroxyl groups excluding tert-OH is 3. The van der Waals surface area contributed by atoms with E-state index in [9.17, 15) is 39.0 Å². The standard InChI is InChI=1S/C24H31ClN10O13P2/c25-15-17(36)13(46-23(15)34-6-1-3-12(7-34)20(26)39)8-44-49(40,41)48-50(42,43)45-9-14-18(37)19(38)24(47-14)35-11-31-16-21(29-10-30-22(16)35)28-4-2-5-32-33-27/h1,3,6-7,10-11,13-15,17-19,23-24,36-38H,2,4-5,8-9H2,(H4-,26,28,29,30,39,40,41,42,43)/p+1/t13-,14?,15+,17-,18-,19-,23-,24-/m1/s1. The van der Waals surface area contributed by atoms with Crippen molar-refractivity contribution in [2.75, 3.05) is 31.6 Å². The van der Waals surface area contributed by atoms with Gasteiger partial charge < -0.3 is 45.6 Å². The zero-order valence-electron chi connectivity index (χ0n) is 25.5. The van der Waals surface area contributed by atoms with Crippen molar-refractivity contribution in [2.24, 2.45) is 10.8 Å². The lowest BCUT2D eigenvalue weighted by Crippen LogP contribution is -2.44. The summed E-state index contributed by atoms with van der Waals surface area (Å²) in [5, 5.41) is 37.1. The topological polar surface area (TPSA) is 333 Å². The van der Waals surface area contributed by atoms with Crippen LogP contribution < -0.4 is 15.6 Å². The molecule has 10 atom stereocenters. The van der Waals surface area contributed by atoms with E-state index in [2.05, 4.69) is 34.6 Å². The molecule has 272 valence electrons. The van der Waals surface area contributed by atoms with E-state index < -0.39 is 83.1 Å².